The third-order valence-corrected chi connectivity index (χ3v) is 7.78. The van der Waals surface area contributed by atoms with Crippen molar-refractivity contribution < 1.29 is 9.53 Å². The second kappa shape index (κ2) is 10.6. The quantitative estimate of drug-likeness (QED) is 0.436. The molecule has 0 atom stereocenters. The van der Waals surface area contributed by atoms with Gasteiger partial charge in [-0.3, -0.25) is 14.7 Å². The van der Waals surface area contributed by atoms with Crippen molar-refractivity contribution in [3.8, 4) is 11.5 Å². The summed E-state index contributed by atoms with van der Waals surface area (Å²) in [7, 11) is 0. The molecule has 172 valence electrons. The van der Waals surface area contributed by atoms with Gasteiger partial charge in [-0.1, -0.05) is 68.9 Å². The molecular weight excluding hydrogens is 428 g/mol. The topological polar surface area (TPSA) is 41.9 Å². The molecule has 5 heteroatoms. The SMILES string of the molecule is O=C1C(=Cc2cccc(Oc3ccccc3)c2)SC(=NC2CCCCC2)N1C1CCCCC1. The molecule has 2 aliphatic carbocycles. The Bertz CT molecular complexity index is 1020. The minimum atomic E-state index is 0.121. The first-order valence-electron chi connectivity index (χ1n) is 12.4. The molecule has 0 radical (unpaired) electrons. The molecule has 2 aromatic carbocycles. The Morgan fingerprint density at radius 1 is 0.848 bits per heavy atom. The van der Waals surface area contributed by atoms with Gasteiger partial charge in [0.25, 0.3) is 5.91 Å². The highest BCUT2D eigenvalue weighted by atomic mass is 32.2. The normalized spacial score (nSPS) is 22.9. The van der Waals surface area contributed by atoms with Crippen LogP contribution in [0.15, 0.2) is 64.5 Å². The fourth-order valence-electron chi connectivity index (χ4n) is 5.05. The third-order valence-electron chi connectivity index (χ3n) is 6.78. The van der Waals surface area contributed by atoms with Crippen LogP contribution in [0, 0.1) is 0 Å². The van der Waals surface area contributed by atoms with Crippen LogP contribution in [0.3, 0.4) is 0 Å². The van der Waals surface area contributed by atoms with Gasteiger partial charge in [0.1, 0.15) is 11.5 Å². The summed E-state index contributed by atoms with van der Waals surface area (Å²) in [5, 5.41) is 0.932. The highest BCUT2D eigenvalue weighted by molar-refractivity contribution is 8.18. The van der Waals surface area contributed by atoms with Gasteiger partial charge in [0.05, 0.1) is 10.9 Å². The van der Waals surface area contributed by atoms with E-state index in [4.69, 9.17) is 9.73 Å². The van der Waals surface area contributed by atoms with Crippen molar-refractivity contribution in [1.29, 1.82) is 0 Å². The summed E-state index contributed by atoms with van der Waals surface area (Å²) in [6, 6.07) is 18.4. The predicted octanol–water partition coefficient (Wildman–Crippen LogP) is 7.42. The number of hydrogen-bond acceptors (Lipinski definition) is 4. The Morgan fingerprint density at radius 2 is 1.55 bits per heavy atom. The molecule has 0 aromatic heterocycles. The average Bonchev–Trinajstić information content (AvgIpc) is 3.15. The molecule has 4 nitrogen and oxygen atoms in total. The Balaban J connectivity index is 1.40. The van der Waals surface area contributed by atoms with Crippen LogP contribution in [-0.2, 0) is 4.79 Å². The minimum absolute atomic E-state index is 0.121. The van der Waals surface area contributed by atoms with E-state index in [1.807, 2.05) is 65.6 Å². The second-order valence-corrected chi connectivity index (χ2v) is 10.3. The van der Waals surface area contributed by atoms with Crippen LogP contribution in [0.1, 0.15) is 69.8 Å². The number of carbonyl (C=O) groups is 1. The summed E-state index contributed by atoms with van der Waals surface area (Å²) in [4.78, 5) is 21.5. The zero-order chi connectivity index (χ0) is 22.5. The summed E-state index contributed by atoms with van der Waals surface area (Å²) < 4.78 is 5.99. The number of carbonyl (C=O) groups excluding carboxylic acids is 1. The molecule has 3 aliphatic rings. The highest BCUT2D eigenvalue weighted by Crippen LogP contribution is 2.38. The second-order valence-electron chi connectivity index (χ2n) is 9.27. The summed E-state index contributed by atoms with van der Waals surface area (Å²) in [5.41, 5.74) is 0.974. The molecule has 1 amide bonds. The zero-order valence-electron chi connectivity index (χ0n) is 19.1. The van der Waals surface area contributed by atoms with E-state index in [0.29, 0.717) is 12.1 Å². The van der Waals surface area contributed by atoms with Crippen molar-refractivity contribution in [2.45, 2.75) is 76.3 Å². The van der Waals surface area contributed by atoms with Crippen LogP contribution < -0.4 is 4.74 Å². The molecule has 33 heavy (non-hydrogen) atoms. The van der Waals surface area contributed by atoms with Crippen LogP contribution in [-0.4, -0.2) is 28.1 Å². The summed E-state index contributed by atoms with van der Waals surface area (Å²) >= 11 is 1.57. The Kier molecular flexibility index (Phi) is 7.15. The molecule has 1 heterocycles. The maximum Gasteiger partial charge on any atom is 0.266 e. The smallest absolute Gasteiger partial charge is 0.266 e. The van der Waals surface area contributed by atoms with E-state index in [1.54, 1.807) is 11.8 Å². The van der Waals surface area contributed by atoms with Gasteiger partial charge in [-0.2, -0.15) is 0 Å². The lowest BCUT2D eigenvalue weighted by atomic mass is 9.94. The number of amidine groups is 1. The van der Waals surface area contributed by atoms with Gasteiger partial charge in [0, 0.05) is 6.04 Å². The summed E-state index contributed by atoms with van der Waals surface area (Å²) in [5.74, 6) is 1.70. The molecule has 2 aromatic rings. The molecule has 2 saturated carbocycles. The number of hydrogen-bond donors (Lipinski definition) is 0. The number of benzene rings is 2. The maximum absolute atomic E-state index is 13.6. The fourth-order valence-corrected chi connectivity index (χ4v) is 6.16. The van der Waals surface area contributed by atoms with Gasteiger partial charge < -0.3 is 4.74 Å². The maximum atomic E-state index is 13.6. The summed E-state index contributed by atoms with van der Waals surface area (Å²) in [6.45, 7) is 0. The first-order chi connectivity index (χ1) is 16.3. The molecule has 1 aliphatic heterocycles. The number of nitrogens with zero attached hydrogens (tertiary/aromatic N) is 2. The van der Waals surface area contributed by atoms with E-state index in [2.05, 4.69) is 0 Å². The van der Waals surface area contributed by atoms with Crippen molar-refractivity contribution in [3.63, 3.8) is 0 Å². The highest BCUT2D eigenvalue weighted by Gasteiger charge is 2.39. The van der Waals surface area contributed by atoms with E-state index in [1.165, 1.54) is 38.5 Å². The van der Waals surface area contributed by atoms with Crippen LogP contribution >= 0.6 is 11.8 Å². The van der Waals surface area contributed by atoms with E-state index in [-0.39, 0.29) is 5.91 Å². The van der Waals surface area contributed by atoms with Crippen LogP contribution in [0.4, 0.5) is 0 Å². The molecular formula is C28H32N2O2S. The zero-order valence-corrected chi connectivity index (χ0v) is 19.9. The minimum Gasteiger partial charge on any atom is -0.457 e. The van der Waals surface area contributed by atoms with E-state index >= 15 is 0 Å². The number of ether oxygens (including phenoxy) is 1. The summed E-state index contributed by atoms with van der Waals surface area (Å²) in [6.07, 6.45) is 14.0. The molecule has 1 saturated heterocycles. The molecule has 0 unspecified atom stereocenters. The van der Waals surface area contributed by atoms with Crippen molar-refractivity contribution in [1.82, 2.24) is 4.90 Å². The lowest BCUT2D eigenvalue weighted by Crippen LogP contribution is -2.41. The molecule has 3 fully saturated rings. The molecule has 0 spiro atoms. The van der Waals surface area contributed by atoms with Gasteiger partial charge in [-0.15, -0.1) is 0 Å². The van der Waals surface area contributed by atoms with Gasteiger partial charge >= 0.3 is 0 Å². The van der Waals surface area contributed by atoms with Gasteiger partial charge in [0.2, 0.25) is 0 Å². The number of amides is 1. The number of aliphatic imine (C=N–C) groups is 1. The molecule has 0 bridgehead atoms. The molecule has 0 N–H and O–H groups in total. The van der Waals surface area contributed by atoms with Gasteiger partial charge in [-0.25, -0.2) is 0 Å². The third kappa shape index (κ3) is 5.52. The number of thioether (sulfide) groups is 1. The Morgan fingerprint density at radius 3 is 2.30 bits per heavy atom. The predicted molar refractivity (Wildman–Crippen MR) is 137 cm³/mol. The lowest BCUT2D eigenvalue weighted by Gasteiger charge is -2.31. The fraction of sp³-hybridized carbons (Fsp3) is 0.429. The van der Waals surface area contributed by atoms with E-state index in [9.17, 15) is 4.79 Å². The standard InChI is InChI=1S/C28H32N2O2S/c31-27-26(20-21-11-10-18-25(19-21)32-24-16-8-3-9-17-24)33-28(29-22-12-4-1-5-13-22)30(27)23-14-6-2-7-15-23/h3,8-11,16-20,22-23H,1-2,4-7,12-15H2. The van der Waals surface area contributed by atoms with E-state index in [0.717, 1.165) is 52.8 Å². The number of para-hydroxylation sites is 1. The van der Waals surface area contributed by atoms with E-state index < -0.39 is 0 Å². The Hall–Kier alpha value is -2.53. The van der Waals surface area contributed by atoms with Crippen molar-refractivity contribution in [3.05, 3.63) is 65.1 Å². The lowest BCUT2D eigenvalue weighted by molar-refractivity contribution is -0.124. The van der Waals surface area contributed by atoms with Crippen LogP contribution in [0.5, 0.6) is 11.5 Å². The first-order valence-corrected chi connectivity index (χ1v) is 13.2. The number of rotatable bonds is 5. The molecule has 5 rings (SSSR count). The monoisotopic (exact) mass is 460 g/mol. The van der Waals surface area contributed by atoms with Crippen molar-refractivity contribution in [2.75, 3.05) is 0 Å². The van der Waals surface area contributed by atoms with Gasteiger partial charge in [0.15, 0.2) is 5.17 Å². The first kappa shape index (κ1) is 22.3. The van der Waals surface area contributed by atoms with Crippen molar-refractivity contribution in [2.24, 2.45) is 4.99 Å². The van der Waals surface area contributed by atoms with Gasteiger partial charge in [-0.05, 0) is 73.4 Å². The van der Waals surface area contributed by atoms with Crippen LogP contribution in [0.2, 0.25) is 0 Å². The Labute approximate surface area is 201 Å². The van der Waals surface area contributed by atoms with Crippen molar-refractivity contribution >= 4 is 28.9 Å². The van der Waals surface area contributed by atoms with Crippen LogP contribution in [0.25, 0.3) is 6.08 Å². The average molecular weight is 461 g/mol. The largest absolute Gasteiger partial charge is 0.457 e.